The van der Waals surface area contributed by atoms with Crippen molar-refractivity contribution >= 4 is 27.5 Å². The number of halogens is 1. The van der Waals surface area contributed by atoms with Crippen LogP contribution in [0.15, 0.2) is 53.7 Å². The molecule has 2 rings (SSSR count). The molecule has 0 saturated carbocycles. The Kier molecular flexibility index (Phi) is 6.52. The van der Waals surface area contributed by atoms with Crippen molar-refractivity contribution in [1.29, 1.82) is 0 Å². The fourth-order valence-electron chi connectivity index (χ4n) is 2.19. The second-order valence-corrected chi connectivity index (χ2v) is 7.94. The van der Waals surface area contributed by atoms with Gasteiger partial charge in [-0.2, -0.15) is 4.72 Å². The molecular formula is C17H20ClN3O3S. The lowest BCUT2D eigenvalue weighted by atomic mass is 10.0. The van der Waals surface area contributed by atoms with Gasteiger partial charge in [0.1, 0.15) is 10.9 Å². The van der Waals surface area contributed by atoms with Crippen molar-refractivity contribution in [3.63, 3.8) is 0 Å². The number of benzene rings is 1. The standard InChI is InChI=1S/C17H20ClN3O3S/c1-12(2)16(17(22)20-11-13-6-5-9-19-10-13)21-25(23,24)15-8-4-3-7-14(15)18/h3-10,12,16,21H,11H2,1-2H3,(H,20,22)/t16-/m1/s1. The second-order valence-electron chi connectivity index (χ2n) is 5.85. The molecule has 0 spiro atoms. The average Bonchev–Trinajstić information content (AvgIpc) is 2.58. The van der Waals surface area contributed by atoms with Gasteiger partial charge in [-0.15, -0.1) is 0 Å². The van der Waals surface area contributed by atoms with Crippen LogP contribution in [0.1, 0.15) is 19.4 Å². The number of hydrogen-bond acceptors (Lipinski definition) is 4. The third kappa shape index (κ3) is 5.26. The Hall–Kier alpha value is -1.96. The first kappa shape index (κ1) is 19.4. The van der Waals surface area contributed by atoms with Gasteiger partial charge in [-0.05, 0) is 29.7 Å². The summed E-state index contributed by atoms with van der Waals surface area (Å²) < 4.78 is 27.6. The number of carbonyl (C=O) groups excluding carboxylic acids is 1. The van der Waals surface area contributed by atoms with E-state index in [1.807, 2.05) is 6.07 Å². The molecule has 2 aromatic rings. The van der Waals surface area contributed by atoms with E-state index in [2.05, 4.69) is 15.0 Å². The van der Waals surface area contributed by atoms with Crippen LogP contribution in [-0.4, -0.2) is 25.4 Å². The van der Waals surface area contributed by atoms with Crippen LogP contribution >= 0.6 is 11.6 Å². The van der Waals surface area contributed by atoms with E-state index in [-0.39, 0.29) is 22.4 Å². The van der Waals surface area contributed by atoms with E-state index in [0.29, 0.717) is 0 Å². The molecule has 2 N–H and O–H groups in total. The molecule has 8 heteroatoms. The van der Waals surface area contributed by atoms with Gasteiger partial charge < -0.3 is 5.32 Å². The van der Waals surface area contributed by atoms with Gasteiger partial charge in [0, 0.05) is 18.9 Å². The predicted octanol–water partition coefficient (Wildman–Crippen LogP) is 2.35. The molecule has 25 heavy (non-hydrogen) atoms. The van der Waals surface area contributed by atoms with Crippen LogP contribution in [0.4, 0.5) is 0 Å². The van der Waals surface area contributed by atoms with E-state index >= 15 is 0 Å². The van der Waals surface area contributed by atoms with Gasteiger partial charge in [0.05, 0.1) is 5.02 Å². The van der Waals surface area contributed by atoms with Gasteiger partial charge >= 0.3 is 0 Å². The molecule has 134 valence electrons. The molecule has 0 aliphatic heterocycles. The Bertz CT molecular complexity index is 826. The monoisotopic (exact) mass is 381 g/mol. The summed E-state index contributed by atoms with van der Waals surface area (Å²) in [5, 5.41) is 2.84. The summed E-state index contributed by atoms with van der Waals surface area (Å²) >= 11 is 5.97. The maximum absolute atomic E-state index is 12.6. The molecule has 1 atom stereocenters. The first-order valence-electron chi connectivity index (χ1n) is 7.74. The molecule has 0 aliphatic carbocycles. The fraction of sp³-hybridized carbons (Fsp3) is 0.294. The van der Waals surface area contributed by atoms with Crippen molar-refractivity contribution in [1.82, 2.24) is 15.0 Å². The Morgan fingerprint density at radius 2 is 1.92 bits per heavy atom. The lowest BCUT2D eigenvalue weighted by Crippen LogP contribution is -2.49. The van der Waals surface area contributed by atoms with Crippen LogP contribution in [0.5, 0.6) is 0 Å². The fourth-order valence-corrected chi connectivity index (χ4v) is 4.05. The van der Waals surface area contributed by atoms with Crippen LogP contribution in [0, 0.1) is 5.92 Å². The highest BCUT2D eigenvalue weighted by molar-refractivity contribution is 7.89. The van der Waals surface area contributed by atoms with Crippen molar-refractivity contribution in [2.75, 3.05) is 0 Å². The highest BCUT2D eigenvalue weighted by Crippen LogP contribution is 2.21. The summed E-state index contributed by atoms with van der Waals surface area (Å²) in [5.74, 6) is -0.652. The van der Waals surface area contributed by atoms with Crippen LogP contribution < -0.4 is 10.0 Å². The zero-order chi connectivity index (χ0) is 18.4. The van der Waals surface area contributed by atoms with Gasteiger partial charge in [0.15, 0.2) is 0 Å². The molecule has 0 radical (unpaired) electrons. The molecule has 1 aromatic heterocycles. The first-order valence-corrected chi connectivity index (χ1v) is 9.61. The second kappa shape index (κ2) is 8.42. The number of pyridine rings is 1. The van der Waals surface area contributed by atoms with Crippen LogP contribution in [0.3, 0.4) is 0 Å². The van der Waals surface area contributed by atoms with Crippen LogP contribution in [0.2, 0.25) is 5.02 Å². The minimum absolute atomic E-state index is 0.0534. The molecule has 0 bridgehead atoms. The number of aromatic nitrogens is 1. The Morgan fingerprint density at radius 1 is 1.20 bits per heavy atom. The lowest BCUT2D eigenvalue weighted by Gasteiger charge is -2.22. The van der Waals surface area contributed by atoms with Crippen molar-refractivity contribution in [2.45, 2.75) is 31.3 Å². The van der Waals surface area contributed by atoms with Gasteiger partial charge in [-0.3, -0.25) is 9.78 Å². The summed E-state index contributed by atoms with van der Waals surface area (Å²) in [5.41, 5.74) is 0.826. The summed E-state index contributed by atoms with van der Waals surface area (Å²) in [7, 11) is -3.92. The predicted molar refractivity (Wildman–Crippen MR) is 96.5 cm³/mol. The lowest BCUT2D eigenvalue weighted by molar-refractivity contribution is -0.123. The third-order valence-corrected chi connectivity index (χ3v) is 5.49. The van der Waals surface area contributed by atoms with E-state index in [4.69, 9.17) is 11.6 Å². The topological polar surface area (TPSA) is 88.2 Å². The van der Waals surface area contributed by atoms with Crippen LogP contribution in [-0.2, 0) is 21.4 Å². The van der Waals surface area contributed by atoms with Crippen molar-refractivity contribution < 1.29 is 13.2 Å². The molecule has 0 aliphatic rings. The summed E-state index contributed by atoms with van der Waals surface area (Å²) in [4.78, 5) is 16.4. The van der Waals surface area contributed by atoms with E-state index < -0.39 is 22.0 Å². The molecule has 0 saturated heterocycles. The molecule has 1 aromatic carbocycles. The summed E-state index contributed by atoms with van der Waals surface area (Å²) in [6.07, 6.45) is 3.28. The van der Waals surface area contributed by atoms with Gasteiger partial charge in [-0.1, -0.05) is 43.6 Å². The largest absolute Gasteiger partial charge is 0.351 e. The van der Waals surface area contributed by atoms with E-state index in [0.717, 1.165) is 5.56 Å². The number of carbonyl (C=O) groups is 1. The minimum atomic E-state index is -3.92. The van der Waals surface area contributed by atoms with E-state index in [1.54, 1.807) is 44.4 Å². The number of amides is 1. The Morgan fingerprint density at radius 3 is 2.52 bits per heavy atom. The normalized spacial score (nSPS) is 12.8. The summed E-state index contributed by atoms with van der Waals surface area (Å²) in [6.45, 7) is 3.80. The van der Waals surface area contributed by atoms with Gasteiger partial charge in [0.25, 0.3) is 0 Å². The first-order chi connectivity index (χ1) is 11.8. The van der Waals surface area contributed by atoms with Crippen LogP contribution in [0.25, 0.3) is 0 Å². The number of rotatable bonds is 7. The third-order valence-electron chi connectivity index (χ3n) is 3.55. The SMILES string of the molecule is CC(C)[C@@H](NS(=O)(=O)c1ccccc1Cl)C(=O)NCc1cccnc1. The summed E-state index contributed by atoms with van der Waals surface area (Å²) in [6, 6.07) is 8.78. The zero-order valence-corrected chi connectivity index (χ0v) is 15.5. The molecule has 0 fully saturated rings. The average molecular weight is 382 g/mol. The van der Waals surface area contributed by atoms with Crippen molar-refractivity contribution in [2.24, 2.45) is 5.92 Å². The maximum Gasteiger partial charge on any atom is 0.242 e. The molecule has 0 unspecified atom stereocenters. The van der Waals surface area contributed by atoms with Gasteiger partial charge in [-0.25, -0.2) is 8.42 Å². The number of nitrogens with zero attached hydrogens (tertiary/aromatic N) is 1. The van der Waals surface area contributed by atoms with E-state index in [9.17, 15) is 13.2 Å². The molecule has 1 heterocycles. The Balaban J connectivity index is 2.12. The molecule has 1 amide bonds. The Labute approximate surface area is 152 Å². The number of hydrogen-bond donors (Lipinski definition) is 2. The minimum Gasteiger partial charge on any atom is -0.351 e. The molecular weight excluding hydrogens is 362 g/mol. The smallest absolute Gasteiger partial charge is 0.242 e. The molecule has 6 nitrogen and oxygen atoms in total. The highest BCUT2D eigenvalue weighted by atomic mass is 35.5. The number of nitrogens with one attached hydrogen (secondary N) is 2. The van der Waals surface area contributed by atoms with Gasteiger partial charge in [0.2, 0.25) is 15.9 Å². The van der Waals surface area contributed by atoms with Crippen molar-refractivity contribution in [3.05, 3.63) is 59.4 Å². The highest BCUT2D eigenvalue weighted by Gasteiger charge is 2.29. The van der Waals surface area contributed by atoms with Crippen molar-refractivity contribution in [3.8, 4) is 0 Å². The number of sulfonamides is 1. The quantitative estimate of drug-likeness (QED) is 0.770. The maximum atomic E-state index is 12.6. The van der Waals surface area contributed by atoms with E-state index in [1.165, 1.54) is 12.1 Å². The zero-order valence-electron chi connectivity index (χ0n) is 13.9.